The van der Waals surface area contributed by atoms with Crippen LogP contribution in [0.4, 0.5) is 11.4 Å². The topological polar surface area (TPSA) is 116 Å². The number of hydrogen-bond donors (Lipinski definition) is 1. The summed E-state index contributed by atoms with van der Waals surface area (Å²) >= 11 is 7.00. The molecule has 0 unspecified atom stereocenters. The van der Waals surface area contributed by atoms with Crippen LogP contribution >= 0.6 is 23.4 Å². The van der Waals surface area contributed by atoms with E-state index >= 15 is 0 Å². The monoisotopic (exact) mass is 418 g/mol. The van der Waals surface area contributed by atoms with E-state index in [9.17, 15) is 14.9 Å². The van der Waals surface area contributed by atoms with E-state index in [0.29, 0.717) is 23.2 Å². The molecule has 9 nitrogen and oxygen atoms in total. The SMILES string of the molecule is CCn1c(SCC(=O)Nc2ccc(Cl)c([N+](=O)[O-])c2)nnc1-c1ccncc1. The summed E-state index contributed by atoms with van der Waals surface area (Å²) in [5, 5.41) is 22.5. The van der Waals surface area contributed by atoms with Gasteiger partial charge in [0.05, 0.1) is 10.7 Å². The van der Waals surface area contributed by atoms with E-state index in [0.717, 1.165) is 5.56 Å². The predicted octanol–water partition coefficient (Wildman–Crippen LogP) is 3.65. The first-order chi connectivity index (χ1) is 13.5. The van der Waals surface area contributed by atoms with Crippen molar-refractivity contribution in [2.45, 2.75) is 18.6 Å². The van der Waals surface area contributed by atoms with Crippen LogP contribution in [0.5, 0.6) is 0 Å². The number of aromatic nitrogens is 4. The van der Waals surface area contributed by atoms with E-state index in [-0.39, 0.29) is 22.4 Å². The Balaban J connectivity index is 1.68. The van der Waals surface area contributed by atoms with Gasteiger partial charge in [0, 0.05) is 36.3 Å². The number of carbonyl (C=O) groups excluding carboxylic acids is 1. The second-order valence-electron chi connectivity index (χ2n) is 5.55. The number of thioether (sulfide) groups is 1. The molecule has 2 aromatic heterocycles. The van der Waals surface area contributed by atoms with Gasteiger partial charge in [-0.15, -0.1) is 10.2 Å². The molecule has 11 heteroatoms. The molecular formula is C17H15ClN6O3S. The third-order valence-corrected chi connectivity index (χ3v) is 5.02. The minimum atomic E-state index is -0.600. The molecule has 1 N–H and O–H groups in total. The minimum Gasteiger partial charge on any atom is -0.325 e. The Morgan fingerprint density at radius 2 is 2.04 bits per heavy atom. The van der Waals surface area contributed by atoms with E-state index in [2.05, 4.69) is 20.5 Å². The molecule has 0 spiro atoms. The summed E-state index contributed by atoms with van der Waals surface area (Å²) in [4.78, 5) is 26.6. The van der Waals surface area contributed by atoms with Crippen LogP contribution in [0.1, 0.15) is 6.92 Å². The maximum absolute atomic E-state index is 12.2. The van der Waals surface area contributed by atoms with Gasteiger partial charge >= 0.3 is 0 Å². The Hall–Kier alpha value is -2.98. The lowest BCUT2D eigenvalue weighted by atomic mass is 10.2. The zero-order valence-corrected chi connectivity index (χ0v) is 16.3. The Labute approximate surface area is 169 Å². The molecule has 28 heavy (non-hydrogen) atoms. The smallest absolute Gasteiger partial charge is 0.289 e. The van der Waals surface area contributed by atoms with Gasteiger partial charge in [-0.05, 0) is 31.2 Å². The molecule has 1 aromatic carbocycles. The fourth-order valence-corrected chi connectivity index (χ4v) is 3.44. The summed E-state index contributed by atoms with van der Waals surface area (Å²) in [7, 11) is 0. The zero-order valence-electron chi connectivity index (χ0n) is 14.7. The van der Waals surface area contributed by atoms with Crippen molar-refractivity contribution in [3.63, 3.8) is 0 Å². The van der Waals surface area contributed by atoms with E-state index in [4.69, 9.17) is 11.6 Å². The van der Waals surface area contributed by atoms with E-state index in [1.165, 1.54) is 30.0 Å². The van der Waals surface area contributed by atoms with Gasteiger partial charge in [-0.1, -0.05) is 23.4 Å². The summed E-state index contributed by atoms with van der Waals surface area (Å²) < 4.78 is 1.90. The molecule has 1 amide bonds. The molecule has 0 atom stereocenters. The average Bonchev–Trinajstić information content (AvgIpc) is 3.11. The summed E-state index contributed by atoms with van der Waals surface area (Å²) in [6.45, 7) is 2.60. The first-order valence-electron chi connectivity index (χ1n) is 8.19. The molecule has 3 rings (SSSR count). The maximum Gasteiger partial charge on any atom is 0.289 e. The number of anilines is 1. The van der Waals surface area contributed by atoms with Gasteiger partial charge in [0.25, 0.3) is 5.69 Å². The highest BCUT2D eigenvalue weighted by Gasteiger charge is 2.16. The van der Waals surface area contributed by atoms with E-state index in [1.54, 1.807) is 12.4 Å². The molecular weight excluding hydrogens is 404 g/mol. The van der Waals surface area contributed by atoms with Gasteiger partial charge in [0.2, 0.25) is 5.91 Å². The summed E-state index contributed by atoms with van der Waals surface area (Å²) in [6, 6.07) is 7.78. The van der Waals surface area contributed by atoms with Crippen LogP contribution in [0.2, 0.25) is 5.02 Å². The number of nitro benzene ring substituents is 1. The fraction of sp³-hybridized carbons (Fsp3) is 0.176. The summed E-state index contributed by atoms with van der Waals surface area (Å²) in [6.07, 6.45) is 3.35. The number of nitrogens with zero attached hydrogens (tertiary/aromatic N) is 5. The van der Waals surface area contributed by atoms with Crippen LogP contribution in [-0.2, 0) is 11.3 Å². The van der Waals surface area contributed by atoms with Crippen LogP contribution < -0.4 is 5.32 Å². The van der Waals surface area contributed by atoms with Crippen molar-refractivity contribution < 1.29 is 9.72 Å². The molecule has 3 aromatic rings. The number of nitro groups is 1. The number of hydrogen-bond acceptors (Lipinski definition) is 7. The Morgan fingerprint density at radius 3 is 2.71 bits per heavy atom. The summed E-state index contributed by atoms with van der Waals surface area (Å²) in [5.41, 5.74) is 0.921. The third kappa shape index (κ3) is 4.46. The average molecular weight is 419 g/mol. The number of nitrogens with one attached hydrogen (secondary N) is 1. The lowest BCUT2D eigenvalue weighted by Crippen LogP contribution is -2.14. The van der Waals surface area contributed by atoms with Crippen molar-refractivity contribution in [2.75, 3.05) is 11.1 Å². The number of carbonyl (C=O) groups is 1. The van der Waals surface area contributed by atoms with E-state index < -0.39 is 4.92 Å². The molecule has 144 valence electrons. The molecule has 2 heterocycles. The van der Waals surface area contributed by atoms with Crippen molar-refractivity contribution in [3.05, 3.63) is 57.9 Å². The number of halogens is 1. The molecule has 0 aliphatic carbocycles. The molecule has 0 bridgehead atoms. The van der Waals surface area contributed by atoms with Crippen LogP contribution in [0.25, 0.3) is 11.4 Å². The van der Waals surface area contributed by atoms with Crippen molar-refractivity contribution >= 4 is 40.6 Å². The Kier molecular flexibility index (Phi) is 6.22. The lowest BCUT2D eigenvalue weighted by molar-refractivity contribution is -0.384. The molecule has 0 radical (unpaired) electrons. The van der Waals surface area contributed by atoms with Gasteiger partial charge in [0.1, 0.15) is 5.02 Å². The predicted molar refractivity (Wildman–Crippen MR) is 106 cm³/mol. The van der Waals surface area contributed by atoms with Crippen LogP contribution in [-0.4, -0.2) is 36.3 Å². The number of amides is 1. The molecule has 0 aliphatic heterocycles. The number of pyridine rings is 1. The van der Waals surface area contributed by atoms with Crippen molar-refractivity contribution in [2.24, 2.45) is 0 Å². The van der Waals surface area contributed by atoms with E-state index in [1.807, 2.05) is 23.6 Å². The van der Waals surface area contributed by atoms with Crippen LogP contribution in [0.15, 0.2) is 47.9 Å². The number of rotatable bonds is 7. The highest BCUT2D eigenvalue weighted by atomic mass is 35.5. The van der Waals surface area contributed by atoms with Crippen LogP contribution in [0.3, 0.4) is 0 Å². The minimum absolute atomic E-state index is 0.0112. The maximum atomic E-state index is 12.2. The van der Waals surface area contributed by atoms with Crippen molar-refractivity contribution in [3.8, 4) is 11.4 Å². The normalized spacial score (nSPS) is 10.6. The highest BCUT2D eigenvalue weighted by Crippen LogP contribution is 2.28. The highest BCUT2D eigenvalue weighted by molar-refractivity contribution is 7.99. The van der Waals surface area contributed by atoms with Crippen molar-refractivity contribution in [1.29, 1.82) is 0 Å². The standard InChI is InChI=1S/C17H15ClN6O3S/c1-2-23-16(11-5-7-19-8-6-11)21-22-17(23)28-10-15(25)20-12-3-4-13(18)14(9-12)24(26)27/h3-9H,2,10H2,1H3,(H,20,25). The largest absolute Gasteiger partial charge is 0.325 e. The quantitative estimate of drug-likeness (QED) is 0.353. The van der Waals surface area contributed by atoms with Crippen LogP contribution in [0, 0.1) is 10.1 Å². The number of benzene rings is 1. The third-order valence-electron chi connectivity index (χ3n) is 3.73. The zero-order chi connectivity index (χ0) is 20.1. The molecule has 0 saturated heterocycles. The Morgan fingerprint density at radius 1 is 1.29 bits per heavy atom. The fourth-order valence-electron chi connectivity index (χ4n) is 2.45. The van der Waals surface area contributed by atoms with Crippen molar-refractivity contribution in [1.82, 2.24) is 19.7 Å². The first-order valence-corrected chi connectivity index (χ1v) is 9.56. The molecule has 0 aliphatic rings. The van der Waals surface area contributed by atoms with Gasteiger partial charge in [-0.25, -0.2) is 0 Å². The van der Waals surface area contributed by atoms with Gasteiger partial charge in [0.15, 0.2) is 11.0 Å². The second-order valence-corrected chi connectivity index (χ2v) is 6.90. The second kappa shape index (κ2) is 8.81. The van der Waals surface area contributed by atoms with Gasteiger partial charge in [-0.2, -0.15) is 0 Å². The molecule has 0 saturated carbocycles. The lowest BCUT2D eigenvalue weighted by Gasteiger charge is -2.08. The van der Waals surface area contributed by atoms with Gasteiger partial charge in [-0.3, -0.25) is 19.9 Å². The summed E-state index contributed by atoms with van der Waals surface area (Å²) in [5.74, 6) is 0.448. The molecule has 0 fully saturated rings. The van der Waals surface area contributed by atoms with Gasteiger partial charge < -0.3 is 9.88 Å². The Bertz CT molecular complexity index is 1010. The first kappa shape index (κ1) is 19.8.